The van der Waals surface area contributed by atoms with Crippen molar-refractivity contribution in [3.05, 3.63) is 58.5 Å². The van der Waals surface area contributed by atoms with Crippen LogP contribution < -0.4 is 17.0 Å². The smallest absolute Gasteiger partial charge is 0.321 e. The second-order valence-corrected chi connectivity index (χ2v) is 9.10. The number of halogens is 4. The van der Waals surface area contributed by atoms with Crippen molar-refractivity contribution in [1.82, 2.24) is 14.3 Å². The first-order valence-corrected chi connectivity index (χ1v) is 12.3. The van der Waals surface area contributed by atoms with Gasteiger partial charge < -0.3 is 11.2 Å². The molecule has 5 N–H and O–H groups in total. The van der Waals surface area contributed by atoms with Crippen LogP contribution in [0.5, 0.6) is 0 Å². The van der Waals surface area contributed by atoms with E-state index < -0.39 is 24.3 Å². The first kappa shape index (κ1) is 29.3. The first-order chi connectivity index (χ1) is 17.0. The van der Waals surface area contributed by atoms with E-state index >= 15 is 0 Å². The van der Waals surface area contributed by atoms with Gasteiger partial charge in [0.25, 0.3) is 5.91 Å². The molecule has 0 radical (unpaired) electrons. The average Bonchev–Trinajstić information content (AvgIpc) is 3.21. The van der Waals surface area contributed by atoms with Crippen molar-refractivity contribution in [2.45, 2.75) is 59.4 Å². The minimum Gasteiger partial charge on any atom is -0.321 e. The number of amidine groups is 1. The second kappa shape index (κ2) is 12.9. The highest BCUT2D eigenvalue weighted by Crippen LogP contribution is 2.32. The Morgan fingerprint density at radius 1 is 1.25 bits per heavy atom. The minimum absolute atomic E-state index is 0.117. The summed E-state index contributed by atoms with van der Waals surface area (Å²) < 4.78 is 53.5. The van der Waals surface area contributed by atoms with E-state index in [2.05, 4.69) is 15.4 Å². The summed E-state index contributed by atoms with van der Waals surface area (Å²) in [5.74, 6) is 10.2. The lowest BCUT2D eigenvalue weighted by atomic mass is 10.1. The van der Waals surface area contributed by atoms with Gasteiger partial charge in [-0.25, -0.2) is 19.5 Å². The van der Waals surface area contributed by atoms with E-state index in [1.165, 1.54) is 23.2 Å². The monoisotopic (exact) mass is 529 g/mol. The van der Waals surface area contributed by atoms with Gasteiger partial charge in [-0.2, -0.15) is 18.3 Å². The van der Waals surface area contributed by atoms with Crippen molar-refractivity contribution in [3.63, 3.8) is 0 Å². The molecule has 1 aromatic carbocycles. The lowest BCUT2D eigenvalue weighted by Crippen LogP contribution is -2.44. The van der Waals surface area contributed by atoms with E-state index in [0.717, 1.165) is 11.9 Å². The quantitative estimate of drug-likeness (QED) is 0.120. The lowest BCUT2D eigenvalue weighted by molar-refractivity contribution is -0.129. The molecule has 0 saturated carbocycles. The molecule has 1 amide bonds. The zero-order valence-corrected chi connectivity index (χ0v) is 21.4. The maximum atomic E-state index is 14.7. The number of hydrazine groups is 1. The summed E-state index contributed by atoms with van der Waals surface area (Å²) in [4.78, 5) is 17.1. The average molecular weight is 530 g/mol. The topological polar surface area (TPSA) is 113 Å². The number of hydrazone groups is 1. The molecule has 3 rings (SSSR count). The molecule has 8 nitrogen and oxygen atoms in total. The van der Waals surface area contributed by atoms with Gasteiger partial charge in [0, 0.05) is 24.9 Å². The Kier molecular flexibility index (Phi) is 10.5. The summed E-state index contributed by atoms with van der Waals surface area (Å²) in [6.07, 6.45) is -5.13. The van der Waals surface area contributed by atoms with Crippen LogP contribution in [0.3, 0.4) is 0 Å². The number of hydrogen-bond donors (Lipinski definition) is 3. The third kappa shape index (κ3) is 7.80. The number of hydrogen-bond acceptors (Lipinski definition) is 7. The first-order valence-electron chi connectivity index (χ1n) is 11.3. The molecule has 2 aromatic rings. The number of carbonyl (C=O) groups is 1. The highest BCUT2D eigenvalue weighted by molar-refractivity contribution is 7.96. The molecule has 0 fully saturated rings. The number of anilines is 1. The molecule has 0 atom stereocenters. The van der Waals surface area contributed by atoms with Crippen molar-refractivity contribution in [3.8, 4) is 0 Å². The SMILES string of the molecule is CC.CC(C)N(N)/C(=N\N)c1cccc(NC(=O)c2cc3c(cc2F)CN(SCCC(F)(F)F)C3)n1. The summed E-state index contributed by atoms with van der Waals surface area (Å²) >= 11 is 1.05. The van der Waals surface area contributed by atoms with Gasteiger partial charge in [-0.1, -0.05) is 31.9 Å². The van der Waals surface area contributed by atoms with Gasteiger partial charge in [0.15, 0.2) is 5.84 Å². The number of nitrogens with two attached hydrogens (primary N) is 2. The van der Waals surface area contributed by atoms with Crippen LogP contribution >= 0.6 is 11.9 Å². The Bertz CT molecular complexity index is 1080. The number of rotatable bonds is 7. The molecule has 0 spiro atoms. The molecule has 198 valence electrons. The number of nitrogens with zero attached hydrogens (tertiary/aromatic N) is 4. The van der Waals surface area contributed by atoms with E-state index in [-0.39, 0.29) is 29.0 Å². The molecule has 13 heteroatoms. The Hall–Kier alpha value is -2.90. The number of amides is 1. The van der Waals surface area contributed by atoms with Crippen molar-refractivity contribution in [2.75, 3.05) is 11.1 Å². The van der Waals surface area contributed by atoms with E-state index in [9.17, 15) is 22.4 Å². The van der Waals surface area contributed by atoms with Crippen molar-refractivity contribution in [1.29, 1.82) is 0 Å². The molecule has 36 heavy (non-hydrogen) atoms. The second-order valence-electron chi connectivity index (χ2n) is 7.91. The Morgan fingerprint density at radius 3 is 2.47 bits per heavy atom. The maximum Gasteiger partial charge on any atom is 0.389 e. The van der Waals surface area contributed by atoms with Gasteiger partial charge in [-0.3, -0.25) is 9.80 Å². The zero-order chi connectivity index (χ0) is 27.0. The summed E-state index contributed by atoms with van der Waals surface area (Å²) in [5, 5.41) is 7.54. The van der Waals surface area contributed by atoms with Crippen LogP contribution in [0.25, 0.3) is 0 Å². The van der Waals surface area contributed by atoms with Crippen LogP contribution in [0.15, 0.2) is 35.4 Å². The minimum atomic E-state index is -4.23. The summed E-state index contributed by atoms with van der Waals surface area (Å²) in [7, 11) is 0. The number of benzene rings is 1. The standard InChI is InChI=1S/C21H25F4N7OS.C2H6/c1-12(2)32(27)19(30-26)17-4-3-5-18(28-17)29-20(33)15-8-13-10-31(11-14(13)9-16(15)22)34-7-6-21(23,24)25;1-2/h3-5,8-9,12H,6-7,10-11,26-27H2,1-2H3,(H,28,29,33);1-2H3/b30-19-;. The van der Waals surface area contributed by atoms with E-state index in [1.54, 1.807) is 16.4 Å². The van der Waals surface area contributed by atoms with Gasteiger partial charge in [0.1, 0.15) is 17.3 Å². The molecule has 1 aliphatic heterocycles. The van der Waals surface area contributed by atoms with Crippen molar-refractivity contribution >= 4 is 29.5 Å². The highest BCUT2D eigenvalue weighted by Gasteiger charge is 2.29. The molecule has 0 aliphatic carbocycles. The predicted octanol–water partition coefficient (Wildman–Crippen LogP) is 4.62. The molecule has 1 aliphatic rings. The third-order valence-corrected chi connectivity index (χ3v) is 6.04. The van der Waals surface area contributed by atoms with Crippen LogP contribution in [-0.4, -0.2) is 44.0 Å². The lowest BCUT2D eigenvalue weighted by Gasteiger charge is -2.23. The number of pyridine rings is 1. The van der Waals surface area contributed by atoms with Crippen LogP contribution in [0.2, 0.25) is 0 Å². The number of aromatic nitrogens is 1. The van der Waals surface area contributed by atoms with Crippen molar-refractivity contribution < 1.29 is 22.4 Å². The van der Waals surface area contributed by atoms with Gasteiger partial charge >= 0.3 is 6.18 Å². The number of carbonyl (C=O) groups excluding carboxylic acids is 1. The van der Waals surface area contributed by atoms with Gasteiger partial charge in [0.05, 0.1) is 12.0 Å². The van der Waals surface area contributed by atoms with Gasteiger partial charge in [0.2, 0.25) is 0 Å². The van der Waals surface area contributed by atoms with Gasteiger partial charge in [-0.05, 0) is 49.2 Å². The molecular weight excluding hydrogens is 498 g/mol. The molecule has 0 bridgehead atoms. The predicted molar refractivity (Wildman–Crippen MR) is 134 cm³/mol. The fourth-order valence-electron chi connectivity index (χ4n) is 3.27. The van der Waals surface area contributed by atoms with E-state index in [0.29, 0.717) is 29.9 Å². The fraction of sp³-hybridized carbons (Fsp3) is 0.435. The van der Waals surface area contributed by atoms with Crippen molar-refractivity contribution in [2.24, 2.45) is 16.8 Å². The molecule has 2 heterocycles. The van der Waals surface area contributed by atoms with Crippen LogP contribution in [0.1, 0.15) is 61.3 Å². The fourth-order valence-corrected chi connectivity index (χ4v) is 4.31. The number of fused-ring (bicyclic) bond motifs is 1. The van der Waals surface area contributed by atoms with Gasteiger partial charge in [-0.15, -0.1) is 0 Å². The highest BCUT2D eigenvalue weighted by atomic mass is 32.2. The third-order valence-electron chi connectivity index (χ3n) is 5.03. The maximum absolute atomic E-state index is 14.7. The van der Waals surface area contributed by atoms with Crippen LogP contribution in [0.4, 0.5) is 23.4 Å². The summed E-state index contributed by atoms with van der Waals surface area (Å²) in [6, 6.07) is 7.30. The number of nitrogens with one attached hydrogen (secondary N) is 1. The molecular formula is C23H31F4N7OS. The molecule has 0 unspecified atom stereocenters. The Morgan fingerprint density at radius 2 is 1.89 bits per heavy atom. The normalized spacial score (nSPS) is 13.8. The summed E-state index contributed by atoms with van der Waals surface area (Å²) in [6.45, 7) is 8.28. The zero-order valence-electron chi connectivity index (χ0n) is 20.6. The Labute approximate surface area is 212 Å². The van der Waals surface area contributed by atoms with Crippen LogP contribution in [0, 0.1) is 5.82 Å². The Balaban J connectivity index is 0.00000222. The number of alkyl halides is 3. The van der Waals surface area contributed by atoms with E-state index in [4.69, 9.17) is 11.7 Å². The van der Waals surface area contributed by atoms with E-state index in [1.807, 2.05) is 27.7 Å². The molecule has 0 saturated heterocycles. The largest absolute Gasteiger partial charge is 0.389 e. The van der Waals surface area contributed by atoms with Crippen LogP contribution in [-0.2, 0) is 13.1 Å². The summed E-state index contributed by atoms with van der Waals surface area (Å²) in [5.41, 5.74) is 1.44. The molecule has 1 aromatic heterocycles.